The predicted molar refractivity (Wildman–Crippen MR) is 94.1 cm³/mol. The number of thiophene rings is 1. The van der Waals surface area contributed by atoms with Gasteiger partial charge in [0.15, 0.2) is 5.69 Å². The van der Waals surface area contributed by atoms with Crippen LogP contribution in [0.15, 0.2) is 53.3 Å². The molecule has 2 heterocycles. The average molecular weight is 372 g/mol. The summed E-state index contributed by atoms with van der Waals surface area (Å²) in [5.41, 5.74) is 4.96. The maximum atomic E-state index is 13.0. The minimum atomic E-state index is -0.649. The highest BCUT2D eigenvalue weighted by Crippen LogP contribution is 2.28. The molecule has 7 nitrogen and oxygen atoms in total. The number of amides is 2. The maximum absolute atomic E-state index is 13.0. The minimum absolute atomic E-state index is 0.00872. The largest absolute Gasteiger partial charge is 0.290 e. The fourth-order valence-electron chi connectivity index (χ4n) is 2.09. The van der Waals surface area contributed by atoms with Gasteiger partial charge in [-0.05, 0) is 35.9 Å². The number of hydrogen-bond acceptors (Lipinski definition) is 5. The Balaban J connectivity index is 1.65. The summed E-state index contributed by atoms with van der Waals surface area (Å²) in [5, 5.41) is 3.79. The second kappa shape index (κ2) is 7.28. The molecule has 0 unspecified atom stereocenters. The molecule has 0 atom stereocenters. The summed E-state index contributed by atoms with van der Waals surface area (Å²) in [6.07, 6.45) is 0. The van der Waals surface area contributed by atoms with Gasteiger partial charge in [0.25, 0.3) is 17.4 Å². The van der Waals surface area contributed by atoms with Gasteiger partial charge in [-0.1, -0.05) is 12.1 Å². The standard InChI is InChI=1S/C17H13FN4O3S/c1-22-15(23)9-6-12(21-22)16(24)19-20-17(25)14-8-7-13(26-14)10-2-4-11(18)5-3-10/h2-9H,1H3,(H,19,24)(H,20,25). The molecule has 0 bridgehead atoms. The molecule has 2 aromatic heterocycles. The molecular formula is C17H13FN4O3S. The Hall–Kier alpha value is -3.33. The number of rotatable bonds is 3. The van der Waals surface area contributed by atoms with Crippen molar-refractivity contribution in [1.29, 1.82) is 0 Å². The van der Waals surface area contributed by atoms with Gasteiger partial charge in [0.05, 0.1) is 4.88 Å². The van der Waals surface area contributed by atoms with Crippen LogP contribution in [0.25, 0.3) is 10.4 Å². The lowest BCUT2D eigenvalue weighted by molar-refractivity contribution is 0.0845. The van der Waals surface area contributed by atoms with Crippen LogP contribution in [-0.2, 0) is 7.05 Å². The Labute approximate surface area is 151 Å². The van der Waals surface area contributed by atoms with E-state index in [9.17, 15) is 18.8 Å². The van der Waals surface area contributed by atoms with Crippen molar-refractivity contribution in [3.63, 3.8) is 0 Å². The van der Waals surface area contributed by atoms with Gasteiger partial charge in [0, 0.05) is 18.0 Å². The fraction of sp³-hybridized carbons (Fsp3) is 0.0588. The summed E-state index contributed by atoms with van der Waals surface area (Å²) >= 11 is 1.20. The number of hydrazine groups is 1. The van der Waals surface area contributed by atoms with E-state index < -0.39 is 11.8 Å². The monoisotopic (exact) mass is 372 g/mol. The SMILES string of the molecule is Cn1nc(C(=O)NNC(=O)c2ccc(-c3ccc(F)cc3)s2)ccc1=O. The smallest absolute Gasteiger partial charge is 0.268 e. The zero-order valence-corrected chi connectivity index (χ0v) is 14.3. The number of aromatic nitrogens is 2. The Morgan fingerprint density at radius 2 is 1.69 bits per heavy atom. The van der Waals surface area contributed by atoms with Crippen LogP contribution in [0.5, 0.6) is 0 Å². The zero-order chi connectivity index (χ0) is 18.7. The molecule has 0 fully saturated rings. The van der Waals surface area contributed by atoms with Crippen molar-refractivity contribution in [2.45, 2.75) is 0 Å². The van der Waals surface area contributed by atoms with Gasteiger partial charge in [-0.3, -0.25) is 25.2 Å². The molecule has 0 aliphatic rings. The van der Waals surface area contributed by atoms with Crippen molar-refractivity contribution in [2.75, 3.05) is 0 Å². The van der Waals surface area contributed by atoms with E-state index in [1.165, 1.54) is 42.6 Å². The highest BCUT2D eigenvalue weighted by molar-refractivity contribution is 7.17. The summed E-state index contributed by atoms with van der Waals surface area (Å²) in [6, 6.07) is 11.7. The number of carbonyl (C=O) groups is 2. The molecule has 3 rings (SSSR count). The van der Waals surface area contributed by atoms with Crippen LogP contribution in [0.4, 0.5) is 4.39 Å². The highest BCUT2D eigenvalue weighted by Gasteiger charge is 2.13. The van der Waals surface area contributed by atoms with Crippen LogP contribution < -0.4 is 16.4 Å². The average Bonchev–Trinajstić information content (AvgIpc) is 3.12. The summed E-state index contributed by atoms with van der Waals surface area (Å²) in [4.78, 5) is 36.5. The van der Waals surface area contributed by atoms with E-state index in [1.54, 1.807) is 24.3 Å². The molecule has 2 amide bonds. The molecule has 0 radical (unpaired) electrons. The molecule has 132 valence electrons. The molecule has 0 spiro atoms. The zero-order valence-electron chi connectivity index (χ0n) is 13.5. The van der Waals surface area contributed by atoms with Crippen molar-refractivity contribution in [1.82, 2.24) is 20.6 Å². The van der Waals surface area contributed by atoms with Crippen LogP contribution in [-0.4, -0.2) is 21.6 Å². The van der Waals surface area contributed by atoms with E-state index >= 15 is 0 Å². The molecule has 9 heteroatoms. The van der Waals surface area contributed by atoms with Crippen LogP contribution in [0.3, 0.4) is 0 Å². The molecule has 3 aromatic rings. The van der Waals surface area contributed by atoms with Gasteiger partial charge in [0.1, 0.15) is 5.82 Å². The third kappa shape index (κ3) is 3.83. The number of nitrogens with zero attached hydrogens (tertiary/aromatic N) is 2. The first kappa shape index (κ1) is 17.5. The molecule has 0 saturated heterocycles. The van der Waals surface area contributed by atoms with Crippen molar-refractivity contribution in [3.05, 3.63) is 75.3 Å². The topological polar surface area (TPSA) is 93.1 Å². The lowest BCUT2D eigenvalue weighted by atomic mass is 10.2. The highest BCUT2D eigenvalue weighted by atomic mass is 32.1. The Morgan fingerprint density at radius 1 is 1.00 bits per heavy atom. The molecule has 0 aliphatic heterocycles. The Kier molecular flexibility index (Phi) is 4.90. The van der Waals surface area contributed by atoms with E-state index in [4.69, 9.17) is 0 Å². The van der Waals surface area contributed by atoms with Gasteiger partial charge in [-0.15, -0.1) is 11.3 Å². The van der Waals surface area contributed by atoms with E-state index in [1.807, 2.05) is 0 Å². The summed E-state index contributed by atoms with van der Waals surface area (Å²) in [6.45, 7) is 0. The number of carbonyl (C=O) groups excluding carboxylic acids is 2. The molecule has 1 aromatic carbocycles. The minimum Gasteiger partial charge on any atom is -0.268 e. The summed E-state index contributed by atoms with van der Waals surface area (Å²) in [7, 11) is 1.42. The van der Waals surface area contributed by atoms with Crippen LogP contribution in [0, 0.1) is 5.82 Å². The quantitative estimate of drug-likeness (QED) is 0.685. The molecule has 0 saturated carbocycles. The van der Waals surface area contributed by atoms with E-state index in [-0.39, 0.29) is 17.1 Å². The Morgan fingerprint density at radius 3 is 2.38 bits per heavy atom. The van der Waals surface area contributed by atoms with Crippen molar-refractivity contribution in [2.24, 2.45) is 7.05 Å². The number of benzene rings is 1. The fourth-order valence-corrected chi connectivity index (χ4v) is 3.00. The normalized spacial score (nSPS) is 10.4. The van der Waals surface area contributed by atoms with Crippen LogP contribution in [0.2, 0.25) is 0 Å². The van der Waals surface area contributed by atoms with Gasteiger partial charge >= 0.3 is 0 Å². The van der Waals surface area contributed by atoms with E-state index in [0.717, 1.165) is 15.1 Å². The second-order valence-electron chi connectivity index (χ2n) is 5.26. The van der Waals surface area contributed by atoms with Crippen LogP contribution in [0.1, 0.15) is 20.2 Å². The maximum Gasteiger partial charge on any atom is 0.290 e. The molecular weight excluding hydrogens is 359 g/mol. The van der Waals surface area contributed by atoms with Gasteiger partial charge < -0.3 is 0 Å². The van der Waals surface area contributed by atoms with Gasteiger partial charge in [-0.2, -0.15) is 5.10 Å². The second-order valence-corrected chi connectivity index (χ2v) is 6.34. The lowest BCUT2D eigenvalue weighted by Crippen LogP contribution is -2.42. The number of nitrogens with one attached hydrogen (secondary N) is 2. The summed E-state index contributed by atoms with van der Waals surface area (Å²) < 4.78 is 14.0. The first-order valence-electron chi connectivity index (χ1n) is 7.45. The first-order valence-corrected chi connectivity index (χ1v) is 8.26. The Bertz CT molecular complexity index is 1030. The van der Waals surface area contributed by atoms with Crippen molar-refractivity contribution in [3.8, 4) is 10.4 Å². The van der Waals surface area contributed by atoms with E-state index in [0.29, 0.717) is 4.88 Å². The third-order valence-electron chi connectivity index (χ3n) is 3.44. The van der Waals surface area contributed by atoms with Gasteiger partial charge in [0.2, 0.25) is 0 Å². The van der Waals surface area contributed by atoms with Crippen LogP contribution >= 0.6 is 11.3 Å². The molecule has 0 aliphatic carbocycles. The third-order valence-corrected chi connectivity index (χ3v) is 4.57. The summed E-state index contributed by atoms with van der Waals surface area (Å²) in [5.74, 6) is -1.48. The number of aryl methyl sites for hydroxylation is 1. The number of halogens is 1. The predicted octanol–water partition coefficient (Wildman–Crippen LogP) is 1.72. The van der Waals surface area contributed by atoms with Crippen molar-refractivity contribution < 1.29 is 14.0 Å². The van der Waals surface area contributed by atoms with E-state index in [2.05, 4.69) is 16.0 Å². The number of hydrogen-bond donors (Lipinski definition) is 2. The van der Waals surface area contributed by atoms with Crippen molar-refractivity contribution >= 4 is 23.2 Å². The molecule has 26 heavy (non-hydrogen) atoms. The molecule has 2 N–H and O–H groups in total. The first-order chi connectivity index (χ1) is 12.4. The lowest BCUT2D eigenvalue weighted by Gasteiger charge is -2.06. The van der Waals surface area contributed by atoms with Gasteiger partial charge in [-0.25, -0.2) is 9.07 Å².